The van der Waals surface area contributed by atoms with E-state index < -0.39 is 0 Å². The molecule has 1 heterocycles. The molecule has 2 aromatic carbocycles. The van der Waals surface area contributed by atoms with Gasteiger partial charge in [0.05, 0.1) is 22.9 Å². The Hall–Kier alpha value is -3.09. The number of nitrogens with one attached hydrogen (secondary N) is 2. The summed E-state index contributed by atoms with van der Waals surface area (Å²) in [6.07, 6.45) is 1.52. The highest BCUT2D eigenvalue weighted by molar-refractivity contribution is 6.33. The average molecular weight is 426 g/mol. The minimum atomic E-state index is -0.324. The van der Waals surface area contributed by atoms with E-state index >= 15 is 0 Å². The molecular formula is C23H24ClN3O3. The Morgan fingerprint density at radius 1 is 1.13 bits per heavy atom. The maximum absolute atomic E-state index is 12.6. The van der Waals surface area contributed by atoms with Crippen molar-refractivity contribution in [2.45, 2.75) is 19.5 Å². The number of pyridine rings is 1. The maximum Gasteiger partial charge on any atom is 0.257 e. The first-order valence-electron chi connectivity index (χ1n) is 9.59. The van der Waals surface area contributed by atoms with Crippen LogP contribution in [-0.2, 0) is 11.3 Å². The SMILES string of the molecule is COCCn1cc(C(=O)Nc2ccc(NC(C)c3ccccc3)c(Cl)c2)ccc1=O. The standard InChI is InChI=1S/C23H24ClN3O3/c1-16(17-6-4-3-5-7-17)25-21-10-9-19(14-20(21)24)26-23(29)18-8-11-22(28)27(15-18)12-13-30-2/h3-11,14-16,25H,12-13H2,1-2H3,(H,26,29). The predicted molar refractivity (Wildman–Crippen MR) is 120 cm³/mol. The molecule has 3 aromatic rings. The lowest BCUT2D eigenvalue weighted by atomic mass is 10.1. The molecule has 0 aliphatic heterocycles. The van der Waals surface area contributed by atoms with E-state index in [0.717, 1.165) is 11.3 Å². The van der Waals surface area contributed by atoms with Crippen molar-refractivity contribution in [3.05, 3.63) is 93.4 Å². The summed E-state index contributed by atoms with van der Waals surface area (Å²) >= 11 is 6.42. The Labute approximate surface area is 180 Å². The van der Waals surface area contributed by atoms with Crippen molar-refractivity contribution < 1.29 is 9.53 Å². The first-order chi connectivity index (χ1) is 14.5. The van der Waals surface area contributed by atoms with Crippen molar-refractivity contribution in [3.8, 4) is 0 Å². The fourth-order valence-electron chi connectivity index (χ4n) is 3.00. The summed E-state index contributed by atoms with van der Waals surface area (Å²) in [7, 11) is 1.56. The first-order valence-corrected chi connectivity index (χ1v) is 9.97. The van der Waals surface area contributed by atoms with Crippen LogP contribution in [0.2, 0.25) is 5.02 Å². The van der Waals surface area contributed by atoms with Crippen LogP contribution < -0.4 is 16.2 Å². The number of nitrogens with zero attached hydrogens (tertiary/aromatic N) is 1. The number of hydrogen-bond donors (Lipinski definition) is 2. The van der Waals surface area contributed by atoms with Crippen molar-refractivity contribution in [3.63, 3.8) is 0 Å². The van der Waals surface area contributed by atoms with Gasteiger partial charge in [-0.1, -0.05) is 41.9 Å². The molecule has 0 aliphatic carbocycles. The number of benzene rings is 2. The van der Waals surface area contributed by atoms with Crippen molar-refractivity contribution in [2.75, 3.05) is 24.4 Å². The van der Waals surface area contributed by atoms with Gasteiger partial charge in [-0.3, -0.25) is 9.59 Å². The molecule has 3 rings (SSSR count). The maximum atomic E-state index is 12.6. The van der Waals surface area contributed by atoms with Gasteiger partial charge in [0.25, 0.3) is 11.5 Å². The van der Waals surface area contributed by atoms with Gasteiger partial charge in [0.2, 0.25) is 0 Å². The predicted octanol–water partition coefficient (Wildman–Crippen LogP) is 4.57. The number of rotatable bonds is 8. The zero-order valence-corrected chi connectivity index (χ0v) is 17.6. The van der Waals surface area contributed by atoms with Crippen LogP contribution in [0.5, 0.6) is 0 Å². The number of halogens is 1. The molecule has 1 amide bonds. The molecular weight excluding hydrogens is 402 g/mol. The lowest BCUT2D eigenvalue weighted by molar-refractivity contribution is 0.102. The molecule has 1 atom stereocenters. The second-order valence-corrected chi connectivity index (χ2v) is 7.27. The molecule has 1 unspecified atom stereocenters. The number of amides is 1. The highest BCUT2D eigenvalue weighted by Crippen LogP contribution is 2.29. The van der Waals surface area contributed by atoms with Crippen molar-refractivity contribution in [1.82, 2.24) is 4.57 Å². The summed E-state index contributed by atoms with van der Waals surface area (Å²) in [5.41, 5.74) is 2.68. The highest BCUT2D eigenvalue weighted by Gasteiger charge is 2.11. The van der Waals surface area contributed by atoms with Gasteiger partial charge in [0, 0.05) is 37.6 Å². The van der Waals surface area contributed by atoms with Gasteiger partial charge in [-0.2, -0.15) is 0 Å². The van der Waals surface area contributed by atoms with E-state index in [1.54, 1.807) is 19.2 Å². The fourth-order valence-corrected chi connectivity index (χ4v) is 3.24. The van der Waals surface area contributed by atoms with Gasteiger partial charge in [-0.05, 0) is 36.8 Å². The number of anilines is 2. The van der Waals surface area contributed by atoms with E-state index in [4.69, 9.17) is 16.3 Å². The Balaban J connectivity index is 1.69. The monoisotopic (exact) mass is 425 g/mol. The molecule has 0 aliphatic rings. The third-order valence-electron chi connectivity index (χ3n) is 4.68. The molecule has 156 valence electrons. The fraction of sp³-hybridized carbons (Fsp3) is 0.217. The second kappa shape index (κ2) is 10.1. The van der Waals surface area contributed by atoms with Crippen LogP contribution in [0.4, 0.5) is 11.4 Å². The van der Waals surface area contributed by atoms with E-state index in [2.05, 4.69) is 17.6 Å². The summed E-state index contributed by atoms with van der Waals surface area (Å²) < 4.78 is 6.44. The van der Waals surface area contributed by atoms with Crippen LogP contribution in [0, 0.1) is 0 Å². The Morgan fingerprint density at radius 2 is 1.90 bits per heavy atom. The van der Waals surface area contributed by atoms with E-state index in [1.165, 1.54) is 22.9 Å². The molecule has 7 heteroatoms. The van der Waals surface area contributed by atoms with Gasteiger partial charge < -0.3 is 19.9 Å². The lowest BCUT2D eigenvalue weighted by Crippen LogP contribution is -2.23. The summed E-state index contributed by atoms with van der Waals surface area (Å²) in [6.45, 7) is 2.82. The summed E-state index contributed by atoms with van der Waals surface area (Å²) in [5, 5.41) is 6.69. The molecule has 0 saturated heterocycles. The summed E-state index contributed by atoms with van der Waals surface area (Å²) in [4.78, 5) is 24.5. The molecule has 0 saturated carbocycles. The van der Waals surface area contributed by atoms with Gasteiger partial charge >= 0.3 is 0 Å². The minimum Gasteiger partial charge on any atom is -0.383 e. The molecule has 30 heavy (non-hydrogen) atoms. The number of aromatic nitrogens is 1. The molecule has 0 radical (unpaired) electrons. The van der Waals surface area contributed by atoms with Crippen LogP contribution in [0.3, 0.4) is 0 Å². The van der Waals surface area contributed by atoms with E-state index in [-0.39, 0.29) is 17.5 Å². The smallest absolute Gasteiger partial charge is 0.257 e. The molecule has 0 spiro atoms. The quantitative estimate of drug-likeness (QED) is 0.554. The van der Waals surface area contributed by atoms with Crippen molar-refractivity contribution in [1.29, 1.82) is 0 Å². The van der Waals surface area contributed by atoms with Crippen LogP contribution in [0.25, 0.3) is 0 Å². The Bertz CT molecular complexity index is 1070. The highest BCUT2D eigenvalue weighted by atomic mass is 35.5. The molecule has 2 N–H and O–H groups in total. The normalized spacial score (nSPS) is 11.7. The van der Waals surface area contributed by atoms with E-state index in [9.17, 15) is 9.59 Å². The van der Waals surface area contributed by atoms with Gasteiger partial charge in [-0.15, -0.1) is 0 Å². The number of ether oxygens (including phenoxy) is 1. The Kier molecular flexibility index (Phi) is 7.27. The van der Waals surface area contributed by atoms with Gasteiger partial charge in [0.1, 0.15) is 0 Å². The summed E-state index contributed by atoms with van der Waals surface area (Å²) in [6, 6.07) is 18.3. The van der Waals surface area contributed by atoms with E-state index in [0.29, 0.717) is 29.4 Å². The van der Waals surface area contributed by atoms with Crippen LogP contribution in [0.1, 0.15) is 28.9 Å². The third-order valence-corrected chi connectivity index (χ3v) is 4.99. The summed E-state index contributed by atoms with van der Waals surface area (Å²) in [5.74, 6) is -0.324. The Morgan fingerprint density at radius 3 is 2.60 bits per heavy atom. The van der Waals surface area contributed by atoms with E-state index in [1.807, 2.05) is 36.4 Å². The molecule has 6 nitrogen and oxygen atoms in total. The zero-order valence-electron chi connectivity index (χ0n) is 16.9. The molecule has 0 fully saturated rings. The third kappa shape index (κ3) is 5.49. The van der Waals surface area contributed by atoms with Crippen LogP contribution >= 0.6 is 11.6 Å². The van der Waals surface area contributed by atoms with Gasteiger partial charge in [0.15, 0.2) is 0 Å². The minimum absolute atomic E-state index is 0.0808. The van der Waals surface area contributed by atoms with Gasteiger partial charge in [-0.25, -0.2) is 0 Å². The number of carbonyl (C=O) groups is 1. The molecule has 1 aromatic heterocycles. The topological polar surface area (TPSA) is 72.4 Å². The first kappa shape index (κ1) is 21.6. The zero-order chi connectivity index (χ0) is 21.5. The molecule has 0 bridgehead atoms. The lowest BCUT2D eigenvalue weighted by Gasteiger charge is -2.17. The van der Waals surface area contributed by atoms with Crippen LogP contribution in [-0.4, -0.2) is 24.2 Å². The van der Waals surface area contributed by atoms with Crippen molar-refractivity contribution in [2.24, 2.45) is 0 Å². The largest absolute Gasteiger partial charge is 0.383 e. The average Bonchev–Trinajstić information content (AvgIpc) is 2.75. The van der Waals surface area contributed by atoms with Crippen LogP contribution in [0.15, 0.2) is 71.7 Å². The number of methoxy groups -OCH3 is 1. The second-order valence-electron chi connectivity index (χ2n) is 6.87. The number of carbonyl (C=O) groups excluding carboxylic acids is 1. The van der Waals surface area contributed by atoms with Crippen molar-refractivity contribution >= 4 is 28.9 Å². The number of hydrogen-bond acceptors (Lipinski definition) is 4.